The first-order valence-electron chi connectivity index (χ1n) is 5.61. The minimum Gasteiger partial charge on any atom is -0.480 e. The fraction of sp³-hybridized carbons (Fsp3) is 0.333. The van der Waals surface area contributed by atoms with Crippen LogP contribution in [-0.4, -0.2) is 34.9 Å². The van der Waals surface area contributed by atoms with Crippen molar-refractivity contribution >= 4 is 17.7 Å². The summed E-state index contributed by atoms with van der Waals surface area (Å²) >= 11 is 0. The predicted octanol–water partition coefficient (Wildman–Crippen LogP) is 1.09. The first kappa shape index (κ1) is 14.9. The Labute approximate surface area is 109 Å². The van der Waals surface area contributed by atoms with Crippen LogP contribution in [0.5, 0.6) is 0 Å². The highest BCUT2D eigenvalue weighted by Gasteiger charge is 2.19. The van der Waals surface area contributed by atoms with E-state index < -0.39 is 23.9 Å². The van der Waals surface area contributed by atoms with Crippen LogP contribution in [0.3, 0.4) is 0 Å². The number of aliphatic hydroxyl groups is 1. The largest absolute Gasteiger partial charge is 0.480 e. The Kier molecular flexibility index (Phi) is 5.25. The van der Waals surface area contributed by atoms with Crippen LogP contribution in [0.25, 0.3) is 0 Å². The molecular formula is C12H15FN2O4. The normalized spacial score (nSPS) is 11.7. The van der Waals surface area contributed by atoms with Crippen LogP contribution >= 0.6 is 0 Å². The highest BCUT2D eigenvalue weighted by atomic mass is 19.1. The number of hydrogen-bond acceptors (Lipinski definition) is 3. The average Bonchev–Trinajstić information content (AvgIpc) is 2.32. The number of benzene rings is 1. The lowest BCUT2D eigenvalue weighted by Gasteiger charge is -2.14. The van der Waals surface area contributed by atoms with Gasteiger partial charge in [0.1, 0.15) is 11.9 Å². The maximum Gasteiger partial charge on any atom is 0.326 e. The highest BCUT2D eigenvalue weighted by molar-refractivity contribution is 5.92. The van der Waals surface area contributed by atoms with Crippen LogP contribution in [0.1, 0.15) is 12.0 Å². The number of aryl methyl sites for hydroxylation is 1. The van der Waals surface area contributed by atoms with Gasteiger partial charge in [0.05, 0.1) is 5.69 Å². The Hall–Kier alpha value is -2.15. The van der Waals surface area contributed by atoms with E-state index in [4.69, 9.17) is 10.2 Å². The Balaban J connectivity index is 2.66. The molecule has 0 aromatic heterocycles. The molecule has 0 saturated heterocycles. The molecule has 1 aromatic rings. The molecule has 19 heavy (non-hydrogen) atoms. The number of halogens is 1. The van der Waals surface area contributed by atoms with E-state index in [0.717, 1.165) is 0 Å². The second kappa shape index (κ2) is 6.69. The van der Waals surface area contributed by atoms with Crippen molar-refractivity contribution in [1.29, 1.82) is 0 Å². The van der Waals surface area contributed by atoms with E-state index in [1.165, 1.54) is 12.1 Å². The Morgan fingerprint density at radius 2 is 2.11 bits per heavy atom. The van der Waals surface area contributed by atoms with E-state index in [2.05, 4.69) is 10.6 Å². The fourth-order valence-electron chi connectivity index (χ4n) is 1.42. The third-order valence-electron chi connectivity index (χ3n) is 2.39. The summed E-state index contributed by atoms with van der Waals surface area (Å²) in [5.74, 6) is -1.88. The molecule has 1 aromatic carbocycles. The SMILES string of the molecule is Cc1ccc(NC(=O)NC(CCO)C(=O)O)c(F)c1. The summed E-state index contributed by atoms with van der Waals surface area (Å²) in [6.45, 7) is 1.32. The van der Waals surface area contributed by atoms with Gasteiger partial charge in [0.2, 0.25) is 0 Å². The highest BCUT2D eigenvalue weighted by Crippen LogP contribution is 2.14. The first-order chi connectivity index (χ1) is 8.93. The summed E-state index contributed by atoms with van der Waals surface area (Å²) in [5, 5.41) is 21.8. The molecule has 1 atom stereocenters. The molecule has 7 heteroatoms. The maximum atomic E-state index is 13.5. The molecule has 1 rings (SSSR count). The topological polar surface area (TPSA) is 98.7 Å². The molecule has 104 valence electrons. The lowest BCUT2D eigenvalue weighted by atomic mass is 10.2. The first-order valence-corrected chi connectivity index (χ1v) is 5.61. The van der Waals surface area contributed by atoms with E-state index in [9.17, 15) is 14.0 Å². The number of urea groups is 1. The van der Waals surface area contributed by atoms with Gasteiger partial charge in [-0.25, -0.2) is 14.0 Å². The number of rotatable bonds is 5. The van der Waals surface area contributed by atoms with Crippen molar-refractivity contribution in [2.75, 3.05) is 11.9 Å². The van der Waals surface area contributed by atoms with Crippen molar-refractivity contribution in [2.45, 2.75) is 19.4 Å². The van der Waals surface area contributed by atoms with Gasteiger partial charge in [-0.05, 0) is 24.6 Å². The van der Waals surface area contributed by atoms with Crippen molar-refractivity contribution < 1.29 is 24.2 Å². The number of carboxylic acid groups (broad SMARTS) is 1. The molecule has 0 spiro atoms. The Morgan fingerprint density at radius 1 is 1.42 bits per heavy atom. The molecule has 0 aliphatic heterocycles. The molecule has 2 amide bonds. The molecule has 0 bridgehead atoms. The van der Waals surface area contributed by atoms with Gasteiger partial charge in [-0.1, -0.05) is 6.07 Å². The number of aliphatic hydroxyl groups excluding tert-OH is 1. The van der Waals surface area contributed by atoms with Gasteiger partial charge < -0.3 is 20.8 Å². The quantitative estimate of drug-likeness (QED) is 0.643. The lowest BCUT2D eigenvalue weighted by Crippen LogP contribution is -2.43. The second-order valence-corrected chi connectivity index (χ2v) is 3.98. The van der Waals surface area contributed by atoms with Crippen molar-refractivity contribution in [1.82, 2.24) is 5.32 Å². The minimum absolute atomic E-state index is 0.0452. The molecule has 0 aliphatic carbocycles. The molecule has 0 saturated carbocycles. The minimum atomic E-state index is -1.27. The van der Waals surface area contributed by atoms with Crippen LogP contribution in [-0.2, 0) is 4.79 Å². The maximum absolute atomic E-state index is 13.5. The molecular weight excluding hydrogens is 255 g/mol. The van der Waals surface area contributed by atoms with Crippen LogP contribution in [0, 0.1) is 12.7 Å². The summed E-state index contributed by atoms with van der Waals surface area (Å²) in [7, 11) is 0. The zero-order valence-electron chi connectivity index (χ0n) is 10.3. The van der Waals surface area contributed by atoms with E-state index >= 15 is 0 Å². The van der Waals surface area contributed by atoms with Crippen molar-refractivity contribution in [3.8, 4) is 0 Å². The second-order valence-electron chi connectivity index (χ2n) is 3.98. The van der Waals surface area contributed by atoms with E-state index in [1.54, 1.807) is 13.0 Å². The number of aliphatic carboxylic acids is 1. The monoisotopic (exact) mass is 270 g/mol. The number of nitrogens with one attached hydrogen (secondary N) is 2. The molecule has 0 radical (unpaired) electrons. The molecule has 6 nitrogen and oxygen atoms in total. The third-order valence-corrected chi connectivity index (χ3v) is 2.39. The number of hydrogen-bond donors (Lipinski definition) is 4. The zero-order chi connectivity index (χ0) is 14.4. The van der Waals surface area contributed by atoms with Crippen LogP contribution in [0.15, 0.2) is 18.2 Å². The standard InChI is InChI=1S/C12H15FN2O4/c1-7-2-3-9(8(13)6-7)14-12(19)15-10(4-5-16)11(17)18/h2-3,6,10,16H,4-5H2,1H3,(H,17,18)(H2,14,15,19). The molecule has 0 aliphatic rings. The van der Waals surface area contributed by atoms with Gasteiger partial charge in [-0.3, -0.25) is 0 Å². The summed E-state index contributed by atoms with van der Waals surface area (Å²) in [6.07, 6.45) is -0.126. The van der Waals surface area contributed by atoms with Crippen molar-refractivity contribution in [3.05, 3.63) is 29.6 Å². The lowest BCUT2D eigenvalue weighted by molar-refractivity contribution is -0.139. The van der Waals surface area contributed by atoms with Gasteiger partial charge in [-0.2, -0.15) is 0 Å². The van der Waals surface area contributed by atoms with Gasteiger partial charge in [0.15, 0.2) is 0 Å². The van der Waals surface area contributed by atoms with E-state index in [0.29, 0.717) is 5.56 Å². The Bertz CT molecular complexity index is 479. The predicted molar refractivity (Wildman–Crippen MR) is 66.4 cm³/mol. The van der Waals surface area contributed by atoms with E-state index in [-0.39, 0.29) is 18.7 Å². The summed E-state index contributed by atoms with van der Waals surface area (Å²) in [4.78, 5) is 22.3. The number of anilines is 1. The van der Waals surface area contributed by atoms with E-state index in [1.807, 2.05) is 0 Å². The smallest absolute Gasteiger partial charge is 0.326 e. The van der Waals surface area contributed by atoms with Gasteiger partial charge in [0.25, 0.3) is 0 Å². The van der Waals surface area contributed by atoms with Crippen LogP contribution in [0.2, 0.25) is 0 Å². The number of carboxylic acids is 1. The van der Waals surface area contributed by atoms with Crippen molar-refractivity contribution in [3.63, 3.8) is 0 Å². The summed E-state index contributed by atoms with van der Waals surface area (Å²) in [6, 6.07) is 2.17. The van der Waals surface area contributed by atoms with Crippen LogP contribution < -0.4 is 10.6 Å². The number of amides is 2. The van der Waals surface area contributed by atoms with Gasteiger partial charge >= 0.3 is 12.0 Å². The number of carbonyl (C=O) groups excluding carboxylic acids is 1. The van der Waals surface area contributed by atoms with Gasteiger partial charge in [-0.15, -0.1) is 0 Å². The third kappa shape index (κ3) is 4.55. The zero-order valence-corrected chi connectivity index (χ0v) is 10.3. The fourth-order valence-corrected chi connectivity index (χ4v) is 1.42. The Morgan fingerprint density at radius 3 is 2.63 bits per heavy atom. The molecule has 1 unspecified atom stereocenters. The summed E-state index contributed by atoms with van der Waals surface area (Å²) < 4.78 is 13.5. The molecule has 4 N–H and O–H groups in total. The average molecular weight is 270 g/mol. The molecule has 0 heterocycles. The number of carbonyl (C=O) groups is 2. The van der Waals surface area contributed by atoms with Crippen molar-refractivity contribution in [2.24, 2.45) is 0 Å². The summed E-state index contributed by atoms with van der Waals surface area (Å²) in [5.41, 5.74) is 0.656. The van der Waals surface area contributed by atoms with Gasteiger partial charge in [0, 0.05) is 13.0 Å². The van der Waals surface area contributed by atoms with Crippen LogP contribution in [0.4, 0.5) is 14.9 Å². The molecule has 0 fully saturated rings.